The van der Waals surface area contributed by atoms with Crippen molar-refractivity contribution in [3.05, 3.63) is 54.1 Å². The summed E-state index contributed by atoms with van der Waals surface area (Å²) in [7, 11) is -3.56. The minimum absolute atomic E-state index is 0.177. The predicted octanol–water partition coefficient (Wildman–Crippen LogP) is 2.34. The second-order valence-electron chi connectivity index (χ2n) is 6.94. The van der Waals surface area contributed by atoms with E-state index in [0.717, 1.165) is 5.56 Å². The van der Waals surface area contributed by atoms with Gasteiger partial charge in [0.25, 0.3) is 0 Å². The van der Waals surface area contributed by atoms with E-state index in [1.165, 1.54) is 0 Å². The SMILES string of the molecule is CCOC[C@@]1(CN)[C@H](c2ccc3c(c2)OCO3)[C@@H]1S(=O)(=O)c1ccccc1. The van der Waals surface area contributed by atoms with Gasteiger partial charge in [-0.3, -0.25) is 0 Å². The molecule has 4 rings (SSSR count). The van der Waals surface area contributed by atoms with Crippen LogP contribution in [0, 0.1) is 5.41 Å². The van der Waals surface area contributed by atoms with Gasteiger partial charge in [0.2, 0.25) is 6.79 Å². The highest BCUT2D eigenvalue weighted by Gasteiger charge is 2.70. The number of hydrogen-bond acceptors (Lipinski definition) is 6. The fourth-order valence-electron chi connectivity index (χ4n) is 4.08. The minimum atomic E-state index is -3.56. The van der Waals surface area contributed by atoms with Crippen LogP contribution in [0.3, 0.4) is 0 Å². The fourth-order valence-corrected chi connectivity index (χ4v) is 6.54. The van der Waals surface area contributed by atoms with E-state index in [1.807, 2.05) is 25.1 Å². The van der Waals surface area contributed by atoms with Crippen molar-refractivity contribution in [2.45, 2.75) is 23.0 Å². The molecule has 1 fully saturated rings. The first-order valence-electron chi connectivity index (χ1n) is 9.01. The molecule has 1 aliphatic heterocycles. The molecule has 2 aromatic rings. The van der Waals surface area contributed by atoms with Crippen LogP contribution in [-0.4, -0.2) is 40.2 Å². The molecule has 0 unspecified atom stereocenters. The Hall–Kier alpha value is -2.09. The Balaban J connectivity index is 1.76. The molecule has 6 nitrogen and oxygen atoms in total. The molecule has 3 atom stereocenters. The Morgan fingerprint density at radius 2 is 1.89 bits per heavy atom. The van der Waals surface area contributed by atoms with Gasteiger partial charge in [0.15, 0.2) is 21.3 Å². The molecule has 1 saturated carbocycles. The zero-order valence-corrected chi connectivity index (χ0v) is 15.9. The maximum absolute atomic E-state index is 13.4. The summed E-state index contributed by atoms with van der Waals surface area (Å²) in [6.45, 7) is 3.10. The van der Waals surface area contributed by atoms with Crippen LogP contribution < -0.4 is 15.2 Å². The van der Waals surface area contributed by atoms with Gasteiger partial charge in [-0.2, -0.15) is 0 Å². The Morgan fingerprint density at radius 3 is 2.59 bits per heavy atom. The highest BCUT2D eigenvalue weighted by molar-refractivity contribution is 7.92. The molecule has 0 aromatic heterocycles. The molecule has 1 aliphatic carbocycles. The van der Waals surface area contributed by atoms with Crippen LogP contribution in [0.4, 0.5) is 0 Å². The molecule has 1 heterocycles. The molecule has 144 valence electrons. The number of fused-ring (bicyclic) bond motifs is 1. The lowest BCUT2D eigenvalue weighted by Gasteiger charge is -2.16. The Morgan fingerprint density at radius 1 is 1.15 bits per heavy atom. The standard InChI is InChI=1S/C20H23NO5S/c1-2-24-12-20(11-21)18(14-8-9-16-17(10-14)26-13-25-16)19(20)27(22,23)15-6-4-3-5-7-15/h3-10,18-19H,2,11-13,21H2,1H3/t18-,19+,20+/m1/s1. The molecule has 0 amide bonds. The van der Waals surface area contributed by atoms with E-state index < -0.39 is 20.5 Å². The summed E-state index contributed by atoms with van der Waals surface area (Å²) in [5, 5.41) is -0.635. The van der Waals surface area contributed by atoms with Gasteiger partial charge in [-0.05, 0) is 36.8 Å². The maximum Gasteiger partial charge on any atom is 0.231 e. The lowest BCUT2D eigenvalue weighted by atomic mass is 9.99. The van der Waals surface area contributed by atoms with Crippen LogP contribution >= 0.6 is 0 Å². The fraction of sp³-hybridized carbons (Fsp3) is 0.400. The number of rotatable bonds is 7. The zero-order valence-electron chi connectivity index (χ0n) is 15.1. The van der Waals surface area contributed by atoms with Gasteiger partial charge < -0.3 is 19.9 Å². The van der Waals surface area contributed by atoms with E-state index in [9.17, 15) is 8.42 Å². The lowest BCUT2D eigenvalue weighted by molar-refractivity contribution is 0.101. The largest absolute Gasteiger partial charge is 0.454 e. The summed E-state index contributed by atoms with van der Waals surface area (Å²) in [6, 6.07) is 14.1. The Labute approximate surface area is 159 Å². The van der Waals surface area contributed by atoms with Crippen molar-refractivity contribution in [1.82, 2.24) is 0 Å². The lowest BCUT2D eigenvalue weighted by Crippen LogP contribution is -2.29. The Bertz CT molecular complexity index is 931. The van der Waals surface area contributed by atoms with Crippen LogP contribution in [0.25, 0.3) is 0 Å². The number of hydrogen-bond donors (Lipinski definition) is 1. The predicted molar refractivity (Wildman–Crippen MR) is 101 cm³/mol. The highest BCUT2D eigenvalue weighted by atomic mass is 32.2. The molecule has 2 N–H and O–H groups in total. The number of benzene rings is 2. The topological polar surface area (TPSA) is 87.8 Å². The van der Waals surface area contributed by atoms with Crippen molar-refractivity contribution in [3.8, 4) is 11.5 Å². The maximum atomic E-state index is 13.4. The van der Waals surface area contributed by atoms with Crippen molar-refractivity contribution in [2.75, 3.05) is 26.6 Å². The van der Waals surface area contributed by atoms with Crippen molar-refractivity contribution < 1.29 is 22.6 Å². The quantitative estimate of drug-likeness (QED) is 0.782. The van der Waals surface area contributed by atoms with Gasteiger partial charge in [-0.25, -0.2) is 8.42 Å². The molecule has 27 heavy (non-hydrogen) atoms. The van der Waals surface area contributed by atoms with Gasteiger partial charge in [-0.15, -0.1) is 0 Å². The normalized spacial score (nSPS) is 26.1. The molecular weight excluding hydrogens is 366 g/mol. The van der Waals surface area contributed by atoms with Gasteiger partial charge >= 0.3 is 0 Å². The van der Waals surface area contributed by atoms with Crippen molar-refractivity contribution in [2.24, 2.45) is 11.1 Å². The van der Waals surface area contributed by atoms with Crippen LogP contribution in [0.2, 0.25) is 0 Å². The summed E-state index contributed by atoms with van der Waals surface area (Å²) in [5.74, 6) is 1.05. The molecule has 2 aromatic carbocycles. The first kappa shape index (κ1) is 18.3. The van der Waals surface area contributed by atoms with Crippen LogP contribution in [0.5, 0.6) is 11.5 Å². The molecule has 7 heteroatoms. The third-order valence-electron chi connectivity index (χ3n) is 5.50. The van der Waals surface area contributed by atoms with E-state index in [1.54, 1.807) is 30.3 Å². The van der Waals surface area contributed by atoms with Crippen molar-refractivity contribution in [1.29, 1.82) is 0 Å². The van der Waals surface area contributed by atoms with Crippen LogP contribution in [0.1, 0.15) is 18.4 Å². The van der Waals surface area contributed by atoms with Gasteiger partial charge in [-0.1, -0.05) is 24.3 Å². The summed E-state index contributed by atoms with van der Waals surface area (Å²) in [5.41, 5.74) is 6.34. The summed E-state index contributed by atoms with van der Waals surface area (Å²) in [6.07, 6.45) is 0. The molecule has 0 saturated heterocycles. The van der Waals surface area contributed by atoms with E-state index in [2.05, 4.69) is 0 Å². The van der Waals surface area contributed by atoms with Crippen molar-refractivity contribution >= 4 is 9.84 Å². The van der Waals surface area contributed by atoms with Gasteiger partial charge in [0, 0.05) is 24.5 Å². The molecule has 0 spiro atoms. The van der Waals surface area contributed by atoms with Gasteiger partial charge in [0.05, 0.1) is 16.8 Å². The van der Waals surface area contributed by atoms with E-state index in [0.29, 0.717) is 29.6 Å². The van der Waals surface area contributed by atoms with Crippen LogP contribution in [0.15, 0.2) is 53.4 Å². The molecule has 0 bridgehead atoms. The molecule has 0 radical (unpaired) electrons. The smallest absolute Gasteiger partial charge is 0.231 e. The first-order chi connectivity index (χ1) is 13.0. The highest BCUT2D eigenvalue weighted by Crippen LogP contribution is 2.64. The average Bonchev–Trinajstić information content (AvgIpc) is 3.15. The number of sulfone groups is 1. The minimum Gasteiger partial charge on any atom is -0.454 e. The summed E-state index contributed by atoms with van der Waals surface area (Å²) < 4.78 is 43.3. The van der Waals surface area contributed by atoms with Gasteiger partial charge in [0.1, 0.15) is 0 Å². The second kappa shape index (κ2) is 6.82. The third-order valence-corrected chi connectivity index (χ3v) is 7.84. The monoisotopic (exact) mass is 389 g/mol. The van der Waals surface area contributed by atoms with E-state index in [4.69, 9.17) is 19.9 Å². The number of ether oxygens (including phenoxy) is 3. The molecule has 2 aliphatic rings. The van der Waals surface area contributed by atoms with E-state index >= 15 is 0 Å². The third kappa shape index (κ3) is 2.90. The van der Waals surface area contributed by atoms with Crippen LogP contribution in [-0.2, 0) is 14.6 Å². The zero-order chi connectivity index (χ0) is 19.1. The Kier molecular flexibility index (Phi) is 4.61. The van der Waals surface area contributed by atoms with E-state index in [-0.39, 0.29) is 19.3 Å². The number of nitrogens with two attached hydrogens (primary N) is 1. The van der Waals surface area contributed by atoms with Crippen molar-refractivity contribution in [3.63, 3.8) is 0 Å². The average molecular weight is 389 g/mol. The summed E-state index contributed by atoms with van der Waals surface area (Å²) >= 11 is 0. The summed E-state index contributed by atoms with van der Waals surface area (Å²) in [4.78, 5) is 0.313. The second-order valence-corrected chi connectivity index (χ2v) is 9.01. The first-order valence-corrected chi connectivity index (χ1v) is 10.6. The molecular formula is C20H23NO5S.